The number of nitriles is 1. The van der Waals surface area contributed by atoms with Gasteiger partial charge in [0.2, 0.25) is 0 Å². The molecule has 0 fully saturated rings. The molecule has 0 saturated carbocycles. The van der Waals surface area contributed by atoms with Gasteiger partial charge in [0, 0.05) is 27.8 Å². The zero-order chi connectivity index (χ0) is 12.7. The van der Waals surface area contributed by atoms with Crippen molar-refractivity contribution in [2.45, 2.75) is 19.9 Å². The molecule has 2 heteroatoms. The second-order valence-corrected chi connectivity index (χ2v) is 4.82. The fourth-order valence-corrected chi connectivity index (χ4v) is 2.63. The van der Waals surface area contributed by atoms with Gasteiger partial charge in [-0.15, -0.1) is 0 Å². The molecule has 0 aliphatic rings. The quantitative estimate of drug-likeness (QED) is 0.618. The number of hydrogen-bond donors (Lipinski definition) is 0. The summed E-state index contributed by atoms with van der Waals surface area (Å²) >= 11 is 0. The monoisotopic (exact) mass is 234 g/mol. The molecule has 0 amide bonds. The highest BCUT2D eigenvalue weighted by molar-refractivity contribution is 6.08. The molecule has 0 saturated heterocycles. The normalized spacial score (nSPS) is 11.2. The van der Waals surface area contributed by atoms with Gasteiger partial charge in [0.15, 0.2) is 0 Å². The van der Waals surface area contributed by atoms with Crippen molar-refractivity contribution in [3.63, 3.8) is 0 Å². The molecule has 0 aliphatic carbocycles. The van der Waals surface area contributed by atoms with E-state index in [0.29, 0.717) is 11.6 Å². The molecule has 0 aliphatic heterocycles. The van der Waals surface area contributed by atoms with E-state index in [1.165, 1.54) is 21.8 Å². The lowest BCUT2D eigenvalue weighted by molar-refractivity contribution is 0.642. The SMILES string of the molecule is CC(C)n1c2ccccc2c2cc(C#N)ccc21. The van der Waals surface area contributed by atoms with Gasteiger partial charge in [-0.3, -0.25) is 0 Å². The van der Waals surface area contributed by atoms with Gasteiger partial charge < -0.3 is 4.57 Å². The van der Waals surface area contributed by atoms with E-state index >= 15 is 0 Å². The highest BCUT2D eigenvalue weighted by Gasteiger charge is 2.12. The average Bonchev–Trinajstić information content (AvgIpc) is 2.72. The minimum atomic E-state index is 0.403. The third kappa shape index (κ3) is 1.41. The Kier molecular flexibility index (Phi) is 2.34. The van der Waals surface area contributed by atoms with Gasteiger partial charge in [-0.1, -0.05) is 18.2 Å². The third-order valence-corrected chi connectivity index (χ3v) is 3.36. The Bertz CT molecular complexity index is 773. The van der Waals surface area contributed by atoms with Crippen LogP contribution >= 0.6 is 0 Å². The lowest BCUT2D eigenvalue weighted by Gasteiger charge is -2.11. The highest BCUT2D eigenvalue weighted by atomic mass is 15.0. The summed E-state index contributed by atoms with van der Waals surface area (Å²) in [6.07, 6.45) is 0. The van der Waals surface area contributed by atoms with Gasteiger partial charge >= 0.3 is 0 Å². The molecule has 3 rings (SSSR count). The van der Waals surface area contributed by atoms with E-state index in [1.54, 1.807) is 0 Å². The zero-order valence-corrected chi connectivity index (χ0v) is 10.5. The van der Waals surface area contributed by atoms with Crippen LogP contribution in [0, 0.1) is 11.3 Å². The largest absolute Gasteiger partial charge is 0.338 e. The molecule has 88 valence electrons. The van der Waals surface area contributed by atoms with Gasteiger partial charge in [0.1, 0.15) is 0 Å². The first-order valence-corrected chi connectivity index (χ1v) is 6.15. The minimum Gasteiger partial charge on any atom is -0.338 e. The molecular formula is C16H14N2. The Morgan fingerprint density at radius 3 is 2.44 bits per heavy atom. The van der Waals surface area contributed by atoms with E-state index in [9.17, 15) is 0 Å². The van der Waals surface area contributed by atoms with Crippen molar-refractivity contribution in [1.82, 2.24) is 4.57 Å². The van der Waals surface area contributed by atoms with Gasteiger partial charge in [0.05, 0.1) is 11.6 Å². The van der Waals surface area contributed by atoms with Crippen LogP contribution in [0.4, 0.5) is 0 Å². The molecule has 3 aromatic rings. The Hall–Kier alpha value is -2.27. The summed E-state index contributed by atoms with van der Waals surface area (Å²) in [6.45, 7) is 4.37. The number of rotatable bonds is 1. The molecule has 1 heterocycles. The number of nitrogens with zero attached hydrogens (tertiary/aromatic N) is 2. The van der Waals surface area contributed by atoms with Gasteiger partial charge in [0.25, 0.3) is 0 Å². The standard InChI is InChI=1S/C16H14N2/c1-11(2)18-15-6-4-3-5-13(15)14-9-12(10-17)7-8-16(14)18/h3-9,11H,1-2H3. The molecule has 0 bridgehead atoms. The number of fused-ring (bicyclic) bond motifs is 3. The van der Waals surface area contributed by atoms with E-state index in [-0.39, 0.29) is 0 Å². The van der Waals surface area contributed by atoms with Gasteiger partial charge in [-0.25, -0.2) is 0 Å². The highest BCUT2D eigenvalue weighted by Crippen LogP contribution is 2.32. The first-order valence-electron chi connectivity index (χ1n) is 6.15. The molecule has 18 heavy (non-hydrogen) atoms. The molecular weight excluding hydrogens is 220 g/mol. The number of aromatic nitrogens is 1. The van der Waals surface area contributed by atoms with Crippen LogP contribution in [-0.4, -0.2) is 4.57 Å². The molecule has 0 atom stereocenters. The molecule has 2 aromatic carbocycles. The van der Waals surface area contributed by atoms with Crippen molar-refractivity contribution >= 4 is 21.8 Å². The van der Waals surface area contributed by atoms with Crippen LogP contribution in [0.2, 0.25) is 0 Å². The lowest BCUT2D eigenvalue weighted by Crippen LogP contribution is -1.99. The summed E-state index contributed by atoms with van der Waals surface area (Å²) in [5.74, 6) is 0. The van der Waals surface area contributed by atoms with Crippen LogP contribution in [0.3, 0.4) is 0 Å². The van der Waals surface area contributed by atoms with Crippen molar-refractivity contribution in [1.29, 1.82) is 5.26 Å². The predicted octanol–water partition coefficient (Wildman–Crippen LogP) is 4.25. The van der Waals surface area contributed by atoms with Crippen LogP contribution in [0.15, 0.2) is 42.5 Å². The van der Waals surface area contributed by atoms with Crippen LogP contribution in [-0.2, 0) is 0 Å². The molecule has 0 spiro atoms. The first kappa shape index (κ1) is 10.9. The number of hydrogen-bond acceptors (Lipinski definition) is 1. The minimum absolute atomic E-state index is 0.403. The van der Waals surface area contributed by atoms with Crippen molar-refractivity contribution < 1.29 is 0 Å². The van der Waals surface area contributed by atoms with Gasteiger partial charge in [-0.05, 0) is 38.1 Å². The Morgan fingerprint density at radius 1 is 1.00 bits per heavy atom. The third-order valence-electron chi connectivity index (χ3n) is 3.36. The zero-order valence-electron chi connectivity index (χ0n) is 10.5. The summed E-state index contributed by atoms with van der Waals surface area (Å²) in [4.78, 5) is 0. The summed E-state index contributed by atoms with van der Waals surface area (Å²) in [5.41, 5.74) is 3.15. The van der Waals surface area contributed by atoms with E-state index < -0.39 is 0 Å². The van der Waals surface area contributed by atoms with E-state index in [0.717, 1.165) is 0 Å². The Morgan fingerprint density at radius 2 is 1.72 bits per heavy atom. The topological polar surface area (TPSA) is 28.7 Å². The maximum absolute atomic E-state index is 9.03. The van der Waals surface area contributed by atoms with E-state index in [2.05, 4.69) is 42.7 Å². The van der Waals surface area contributed by atoms with Crippen LogP contribution in [0.1, 0.15) is 25.5 Å². The summed E-state index contributed by atoms with van der Waals surface area (Å²) in [6, 6.07) is 16.9. The van der Waals surface area contributed by atoms with Crippen molar-refractivity contribution in [2.75, 3.05) is 0 Å². The summed E-state index contributed by atoms with van der Waals surface area (Å²) in [5, 5.41) is 11.4. The molecule has 1 aromatic heterocycles. The van der Waals surface area contributed by atoms with Crippen molar-refractivity contribution in [3.05, 3.63) is 48.0 Å². The van der Waals surface area contributed by atoms with Crippen molar-refractivity contribution in [3.8, 4) is 6.07 Å². The fraction of sp³-hybridized carbons (Fsp3) is 0.188. The molecule has 0 unspecified atom stereocenters. The van der Waals surface area contributed by atoms with Crippen LogP contribution in [0.25, 0.3) is 21.8 Å². The maximum Gasteiger partial charge on any atom is 0.0991 e. The molecule has 0 radical (unpaired) electrons. The fourth-order valence-electron chi connectivity index (χ4n) is 2.63. The molecule has 0 N–H and O–H groups in total. The van der Waals surface area contributed by atoms with Crippen LogP contribution < -0.4 is 0 Å². The summed E-state index contributed by atoms with van der Waals surface area (Å²) < 4.78 is 2.33. The summed E-state index contributed by atoms with van der Waals surface area (Å²) in [7, 11) is 0. The Labute approximate surface area is 106 Å². The Balaban J connectivity index is 2.54. The van der Waals surface area contributed by atoms with Gasteiger partial charge in [-0.2, -0.15) is 5.26 Å². The molecule has 2 nitrogen and oxygen atoms in total. The smallest absolute Gasteiger partial charge is 0.0991 e. The van der Waals surface area contributed by atoms with E-state index in [4.69, 9.17) is 5.26 Å². The second-order valence-electron chi connectivity index (χ2n) is 4.82. The van der Waals surface area contributed by atoms with Crippen LogP contribution in [0.5, 0.6) is 0 Å². The predicted molar refractivity (Wildman–Crippen MR) is 74.5 cm³/mol. The lowest BCUT2D eigenvalue weighted by atomic mass is 10.1. The number of para-hydroxylation sites is 1. The average molecular weight is 234 g/mol. The maximum atomic E-state index is 9.03. The first-order chi connectivity index (χ1) is 8.72. The van der Waals surface area contributed by atoms with E-state index in [1.807, 2.05) is 24.3 Å². The van der Waals surface area contributed by atoms with Crippen molar-refractivity contribution in [2.24, 2.45) is 0 Å². The number of benzene rings is 2. The second kappa shape index (κ2) is 3.89.